The van der Waals surface area contributed by atoms with E-state index in [1.165, 1.54) is 12.8 Å². The molecule has 11 heavy (non-hydrogen) atoms. The molecule has 0 aromatic rings. The smallest absolute Gasteiger partial charge is 0.198 e. The second kappa shape index (κ2) is 5.19. The van der Waals surface area contributed by atoms with Crippen molar-refractivity contribution in [1.82, 2.24) is 0 Å². The molecular formula is C9H16O2. The summed E-state index contributed by atoms with van der Waals surface area (Å²) in [5.74, 6) is 0. The fourth-order valence-electron chi connectivity index (χ4n) is 1.04. The van der Waals surface area contributed by atoms with Gasteiger partial charge in [-0.25, -0.2) is 0 Å². The van der Waals surface area contributed by atoms with Crippen LogP contribution in [0.5, 0.6) is 0 Å². The fourth-order valence-corrected chi connectivity index (χ4v) is 1.04. The maximum Gasteiger partial charge on any atom is 0.198 e. The summed E-state index contributed by atoms with van der Waals surface area (Å²) in [7, 11) is 0. The van der Waals surface area contributed by atoms with Crippen molar-refractivity contribution in [2.75, 3.05) is 6.61 Å². The molecule has 0 aromatic heterocycles. The minimum absolute atomic E-state index is 0.00806. The minimum Gasteiger partial charge on any atom is -0.473 e. The Bertz CT molecular complexity index is 121. The highest BCUT2D eigenvalue weighted by Gasteiger charge is 2.08. The maximum absolute atomic E-state index is 5.42. The van der Waals surface area contributed by atoms with Crippen LogP contribution in [0.1, 0.15) is 32.6 Å². The molecule has 0 fully saturated rings. The largest absolute Gasteiger partial charge is 0.473 e. The van der Waals surface area contributed by atoms with Crippen molar-refractivity contribution in [2.24, 2.45) is 0 Å². The first-order chi connectivity index (χ1) is 5.43. The van der Waals surface area contributed by atoms with Gasteiger partial charge >= 0.3 is 0 Å². The van der Waals surface area contributed by atoms with Crippen LogP contribution < -0.4 is 0 Å². The second-order valence-corrected chi connectivity index (χ2v) is 2.74. The minimum atomic E-state index is 0.00806. The van der Waals surface area contributed by atoms with Crippen LogP contribution in [-0.2, 0) is 9.47 Å². The van der Waals surface area contributed by atoms with E-state index in [0.29, 0.717) is 0 Å². The predicted molar refractivity (Wildman–Crippen MR) is 44.1 cm³/mol. The molecular weight excluding hydrogens is 140 g/mol. The number of hydrogen-bond donors (Lipinski definition) is 0. The van der Waals surface area contributed by atoms with Gasteiger partial charge in [-0.2, -0.15) is 0 Å². The lowest BCUT2D eigenvalue weighted by molar-refractivity contribution is -0.103. The molecule has 0 N–H and O–H groups in total. The lowest BCUT2D eigenvalue weighted by Gasteiger charge is -2.14. The van der Waals surface area contributed by atoms with Crippen LogP contribution in [0.3, 0.4) is 0 Å². The lowest BCUT2D eigenvalue weighted by Crippen LogP contribution is -2.13. The summed E-state index contributed by atoms with van der Waals surface area (Å²) in [5, 5.41) is 0. The van der Waals surface area contributed by atoms with E-state index in [9.17, 15) is 0 Å². The first-order valence-corrected chi connectivity index (χ1v) is 4.35. The Morgan fingerprint density at radius 3 is 3.27 bits per heavy atom. The SMILES string of the molecule is CCCCC1OC=CCCO1. The predicted octanol–water partition coefficient (Wildman–Crippen LogP) is 2.45. The zero-order chi connectivity index (χ0) is 7.94. The number of ether oxygens (including phenoxy) is 2. The van der Waals surface area contributed by atoms with Gasteiger partial charge in [0, 0.05) is 6.42 Å². The molecule has 0 saturated heterocycles. The maximum atomic E-state index is 5.42. The quantitative estimate of drug-likeness (QED) is 0.625. The van der Waals surface area contributed by atoms with E-state index in [0.717, 1.165) is 19.4 Å². The molecule has 1 heterocycles. The Balaban J connectivity index is 2.16. The molecule has 0 aliphatic carbocycles. The Labute approximate surface area is 68.2 Å². The molecule has 0 aromatic carbocycles. The van der Waals surface area contributed by atoms with E-state index in [2.05, 4.69) is 6.92 Å². The van der Waals surface area contributed by atoms with Crippen molar-refractivity contribution in [3.05, 3.63) is 12.3 Å². The fraction of sp³-hybridized carbons (Fsp3) is 0.778. The van der Waals surface area contributed by atoms with Crippen LogP contribution in [0, 0.1) is 0 Å². The van der Waals surface area contributed by atoms with Gasteiger partial charge in [0.05, 0.1) is 12.9 Å². The number of rotatable bonds is 3. The third-order valence-corrected chi connectivity index (χ3v) is 1.71. The zero-order valence-corrected chi connectivity index (χ0v) is 7.08. The molecule has 1 aliphatic heterocycles. The summed E-state index contributed by atoms with van der Waals surface area (Å²) in [4.78, 5) is 0. The lowest BCUT2D eigenvalue weighted by atomic mass is 10.2. The summed E-state index contributed by atoms with van der Waals surface area (Å²) in [6.07, 6.45) is 8.14. The molecule has 1 rings (SSSR count). The van der Waals surface area contributed by atoms with Crippen LogP contribution >= 0.6 is 0 Å². The van der Waals surface area contributed by atoms with Gasteiger partial charge in [0.2, 0.25) is 0 Å². The van der Waals surface area contributed by atoms with Crippen LogP contribution in [0.4, 0.5) is 0 Å². The molecule has 0 amide bonds. The van der Waals surface area contributed by atoms with Crippen LogP contribution in [0.2, 0.25) is 0 Å². The van der Waals surface area contributed by atoms with Crippen LogP contribution in [-0.4, -0.2) is 12.9 Å². The molecule has 0 bridgehead atoms. The van der Waals surface area contributed by atoms with Gasteiger partial charge in [-0.05, 0) is 18.9 Å². The molecule has 0 spiro atoms. The average molecular weight is 156 g/mol. The molecule has 1 atom stereocenters. The van der Waals surface area contributed by atoms with E-state index < -0.39 is 0 Å². The number of hydrogen-bond acceptors (Lipinski definition) is 2. The van der Waals surface area contributed by atoms with E-state index in [-0.39, 0.29) is 6.29 Å². The Morgan fingerprint density at radius 2 is 2.45 bits per heavy atom. The number of unbranched alkanes of at least 4 members (excludes halogenated alkanes) is 1. The molecule has 1 unspecified atom stereocenters. The summed E-state index contributed by atoms with van der Waals surface area (Å²) < 4.78 is 10.7. The first kappa shape index (κ1) is 8.60. The van der Waals surface area contributed by atoms with Gasteiger partial charge in [-0.1, -0.05) is 13.3 Å². The van der Waals surface area contributed by atoms with E-state index >= 15 is 0 Å². The third-order valence-electron chi connectivity index (χ3n) is 1.71. The van der Waals surface area contributed by atoms with Gasteiger partial charge in [0.25, 0.3) is 0 Å². The highest BCUT2D eigenvalue weighted by atomic mass is 16.7. The van der Waals surface area contributed by atoms with Gasteiger partial charge in [-0.3, -0.25) is 0 Å². The Morgan fingerprint density at radius 1 is 1.55 bits per heavy atom. The third kappa shape index (κ3) is 3.42. The normalized spacial score (nSPS) is 24.3. The summed E-state index contributed by atoms with van der Waals surface area (Å²) in [6.45, 7) is 2.97. The average Bonchev–Trinajstić information content (AvgIpc) is 2.28. The van der Waals surface area contributed by atoms with Crippen molar-refractivity contribution in [2.45, 2.75) is 38.9 Å². The van der Waals surface area contributed by atoms with E-state index in [4.69, 9.17) is 9.47 Å². The van der Waals surface area contributed by atoms with Crippen molar-refractivity contribution in [1.29, 1.82) is 0 Å². The summed E-state index contributed by atoms with van der Waals surface area (Å²) in [6, 6.07) is 0. The monoisotopic (exact) mass is 156 g/mol. The van der Waals surface area contributed by atoms with Crippen LogP contribution in [0.25, 0.3) is 0 Å². The van der Waals surface area contributed by atoms with E-state index in [1.54, 1.807) is 6.26 Å². The summed E-state index contributed by atoms with van der Waals surface area (Å²) >= 11 is 0. The van der Waals surface area contributed by atoms with Crippen molar-refractivity contribution in [3.63, 3.8) is 0 Å². The van der Waals surface area contributed by atoms with Gasteiger partial charge in [0.1, 0.15) is 0 Å². The Hall–Kier alpha value is -0.500. The van der Waals surface area contributed by atoms with Crippen molar-refractivity contribution < 1.29 is 9.47 Å². The molecule has 2 nitrogen and oxygen atoms in total. The summed E-state index contributed by atoms with van der Waals surface area (Å²) in [5.41, 5.74) is 0. The zero-order valence-electron chi connectivity index (χ0n) is 7.08. The van der Waals surface area contributed by atoms with Gasteiger partial charge < -0.3 is 9.47 Å². The molecule has 1 aliphatic rings. The van der Waals surface area contributed by atoms with Crippen molar-refractivity contribution >= 4 is 0 Å². The highest BCUT2D eigenvalue weighted by molar-refractivity contribution is 4.75. The highest BCUT2D eigenvalue weighted by Crippen LogP contribution is 2.10. The van der Waals surface area contributed by atoms with Crippen molar-refractivity contribution in [3.8, 4) is 0 Å². The Kier molecular flexibility index (Phi) is 4.06. The molecule has 0 saturated carbocycles. The van der Waals surface area contributed by atoms with Gasteiger partial charge in [0.15, 0.2) is 6.29 Å². The van der Waals surface area contributed by atoms with Gasteiger partial charge in [-0.15, -0.1) is 0 Å². The van der Waals surface area contributed by atoms with E-state index in [1.807, 2.05) is 6.08 Å². The first-order valence-electron chi connectivity index (χ1n) is 4.35. The second-order valence-electron chi connectivity index (χ2n) is 2.74. The molecule has 64 valence electrons. The standard InChI is InChI=1S/C9H16O2/c1-2-3-6-9-10-7-4-5-8-11-9/h4,7,9H,2-3,5-6,8H2,1H3. The topological polar surface area (TPSA) is 18.5 Å². The molecule has 0 radical (unpaired) electrons. The molecule has 2 heteroatoms. The van der Waals surface area contributed by atoms with Crippen LogP contribution in [0.15, 0.2) is 12.3 Å².